The molecule has 4 rings (SSSR count). The maximum absolute atomic E-state index is 12.9. The molecule has 1 atom stereocenters. The number of carbonyl (C=O) groups is 1. The van der Waals surface area contributed by atoms with Crippen molar-refractivity contribution in [1.82, 2.24) is 9.55 Å². The van der Waals surface area contributed by atoms with Crippen LogP contribution in [0.15, 0.2) is 42.5 Å². The molecule has 0 spiro atoms. The van der Waals surface area contributed by atoms with E-state index in [9.17, 15) is 4.79 Å². The van der Waals surface area contributed by atoms with Crippen LogP contribution in [0, 0.1) is 13.8 Å². The van der Waals surface area contributed by atoms with Gasteiger partial charge in [-0.1, -0.05) is 44.0 Å². The molecule has 1 unspecified atom stereocenters. The molecule has 1 fully saturated rings. The number of amides is 1. The molecular formula is C24H29N3O. The van der Waals surface area contributed by atoms with Crippen LogP contribution < -0.4 is 4.90 Å². The van der Waals surface area contributed by atoms with Crippen LogP contribution in [0.3, 0.4) is 0 Å². The Morgan fingerprint density at radius 2 is 1.93 bits per heavy atom. The maximum Gasteiger partial charge on any atom is 0.227 e. The molecule has 1 aliphatic rings. The van der Waals surface area contributed by atoms with Gasteiger partial charge in [-0.25, -0.2) is 4.98 Å². The fraction of sp³-hybridized carbons (Fsp3) is 0.417. The lowest BCUT2D eigenvalue weighted by Crippen LogP contribution is -2.25. The number of imidazole rings is 1. The lowest BCUT2D eigenvalue weighted by molar-refractivity contribution is -0.117. The van der Waals surface area contributed by atoms with Crippen molar-refractivity contribution < 1.29 is 4.79 Å². The second-order valence-corrected chi connectivity index (χ2v) is 8.01. The number of fused-ring (bicyclic) bond motifs is 1. The molecule has 146 valence electrons. The quantitative estimate of drug-likeness (QED) is 0.544. The van der Waals surface area contributed by atoms with Crippen LogP contribution >= 0.6 is 0 Å². The largest absolute Gasteiger partial charge is 0.328 e. The van der Waals surface area contributed by atoms with E-state index in [0.29, 0.717) is 13.0 Å². The number of aryl methyl sites for hydroxylation is 3. The van der Waals surface area contributed by atoms with Gasteiger partial charge in [-0.2, -0.15) is 0 Å². The van der Waals surface area contributed by atoms with Gasteiger partial charge >= 0.3 is 0 Å². The van der Waals surface area contributed by atoms with Gasteiger partial charge < -0.3 is 9.47 Å². The standard InChI is InChI=1S/C24H29N3O/c1-4-5-8-13-26-21-10-7-6-9-20(21)25-24(26)19-15-23(28)27(16-19)22-14-17(2)11-12-18(22)3/h6-7,9-12,14,19H,4-5,8,13,15-16H2,1-3H3. The number of nitrogens with zero attached hydrogens (tertiary/aromatic N) is 3. The van der Waals surface area contributed by atoms with Crippen LogP contribution in [0.4, 0.5) is 5.69 Å². The van der Waals surface area contributed by atoms with Gasteiger partial charge in [0.05, 0.1) is 11.0 Å². The van der Waals surface area contributed by atoms with Crippen LogP contribution in [-0.2, 0) is 11.3 Å². The van der Waals surface area contributed by atoms with Crippen molar-refractivity contribution in [2.24, 2.45) is 0 Å². The van der Waals surface area contributed by atoms with E-state index in [4.69, 9.17) is 4.98 Å². The highest BCUT2D eigenvalue weighted by Gasteiger charge is 2.35. The SMILES string of the molecule is CCCCCn1c(C2CC(=O)N(c3cc(C)ccc3C)C2)nc2ccccc21. The van der Waals surface area contributed by atoms with Crippen molar-refractivity contribution in [2.75, 3.05) is 11.4 Å². The summed E-state index contributed by atoms with van der Waals surface area (Å²) in [6.07, 6.45) is 4.09. The van der Waals surface area contributed by atoms with E-state index in [1.54, 1.807) is 0 Å². The van der Waals surface area contributed by atoms with Crippen LogP contribution in [0.1, 0.15) is 55.5 Å². The predicted molar refractivity (Wildman–Crippen MR) is 115 cm³/mol. The molecule has 0 saturated carbocycles. The second-order valence-electron chi connectivity index (χ2n) is 8.01. The highest BCUT2D eigenvalue weighted by atomic mass is 16.2. The fourth-order valence-electron chi connectivity index (χ4n) is 4.28. The van der Waals surface area contributed by atoms with Crippen molar-refractivity contribution >= 4 is 22.6 Å². The third-order valence-electron chi connectivity index (χ3n) is 5.81. The Labute approximate surface area is 167 Å². The zero-order chi connectivity index (χ0) is 19.7. The normalized spacial score (nSPS) is 17.0. The number of aromatic nitrogens is 2. The van der Waals surface area contributed by atoms with E-state index >= 15 is 0 Å². The summed E-state index contributed by atoms with van der Waals surface area (Å²) < 4.78 is 2.36. The van der Waals surface area contributed by atoms with E-state index in [2.05, 4.69) is 61.7 Å². The minimum absolute atomic E-state index is 0.140. The number of para-hydroxylation sites is 2. The van der Waals surface area contributed by atoms with Gasteiger partial charge in [-0.05, 0) is 49.6 Å². The Balaban J connectivity index is 1.68. The molecule has 1 saturated heterocycles. The Kier molecular flexibility index (Phi) is 5.21. The minimum atomic E-state index is 0.140. The smallest absolute Gasteiger partial charge is 0.227 e. The summed E-state index contributed by atoms with van der Waals surface area (Å²) in [4.78, 5) is 19.8. The molecule has 1 aromatic heterocycles. The summed E-state index contributed by atoms with van der Waals surface area (Å²) in [5, 5.41) is 0. The predicted octanol–water partition coefficient (Wildman–Crippen LogP) is 5.36. The number of carbonyl (C=O) groups excluding carboxylic acids is 1. The van der Waals surface area contributed by atoms with Crippen molar-refractivity contribution in [3.8, 4) is 0 Å². The minimum Gasteiger partial charge on any atom is -0.328 e. The van der Waals surface area contributed by atoms with Crippen LogP contribution in [0.2, 0.25) is 0 Å². The third kappa shape index (κ3) is 3.44. The first-order valence-corrected chi connectivity index (χ1v) is 10.4. The molecular weight excluding hydrogens is 346 g/mol. The molecule has 1 amide bonds. The first-order chi connectivity index (χ1) is 13.6. The average molecular weight is 376 g/mol. The number of anilines is 1. The van der Waals surface area contributed by atoms with Gasteiger partial charge in [0.15, 0.2) is 0 Å². The second kappa shape index (κ2) is 7.78. The Morgan fingerprint density at radius 3 is 2.75 bits per heavy atom. The van der Waals surface area contributed by atoms with Crippen LogP contribution in [0.25, 0.3) is 11.0 Å². The van der Waals surface area contributed by atoms with E-state index in [1.165, 1.54) is 23.9 Å². The fourth-order valence-corrected chi connectivity index (χ4v) is 4.28. The lowest BCUT2D eigenvalue weighted by Gasteiger charge is -2.20. The van der Waals surface area contributed by atoms with Gasteiger partial charge in [0.2, 0.25) is 5.91 Å². The molecule has 28 heavy (non-hydrogen) atoms. The summed E-state index contributed by atoms with van der Waals surface area (Å²) in [5.41, 5.74) is 5.60. The number of hydrogen-bond acceptors (Lipinski definition) is 2. The van der Waals surface area contributed by atoms with E-state index in [1.807, 2.05) is 11.0 Å². The van der Waals surface area contributed by atoms with Gasteiger partial charge in [-0.3, -0.25) is 4.79 Å². The highest BCUT2D eigenvalue weighted by Crippen LogP contribution is 2.35. The first kappa shape index (κ1) is 18.7. The summed E-state index contributed by atoms with van der Waals surface area (Å²) >= 11 is 0. The molecule has 2 aromatic carbocycles. The average Bonchev–Trinajstić information content (AvgIpc) is 3.25. The summed E-state index contributed by atoms with van der Waals surface area (Å²) in [6.45, 7) is 8.06. The number of rotatable bonds is 6. The van der Waals surface area contributed by atoms with Gasteiger partial charge in [0.1, 0.15) is 5.82 Å². The van der Waals surface area contributed by atoms with Crippen molar-refractivity contribution in [3.05, 3.63) is 59.4 Å². The van der Waals surface area contributed by atoms with Crippen LogP contribution in [-0.4, -0.2) is 22.0 Å². The van der Waals surface area contributed by atoms with E-state index in [-0.39, 0.29) is 11.8 Å². The molecule has 3 aromatic rings. The van der Waals surface area contributed by atoms with Crippen molar-refractivity contribution in [1.29, 1.82) is 0 Å². The molecule has 0 radical (unpaired) electrons. The van der Waals surface area contributed by atoms with Gasteiger partial charge in [-0.15, -0.1) is 0 Å². The highest BCUT2D eigenvalue weighted by molar-refractivity contribution is 5.97. The number of unbranched alkanes of at least 4 members (excludes halogenated alkanes) is 2. The Morgan fingerprint density at radius 1 is 1.11 bits per heavy atom. The molecule has 0 N–H and O–H groups in total. The van der Waals surface area contributed by atoms with Gasteiger partial charge in [0.25, 0.3) is 0 Å². The van der Waals surface area contributed by atoms with Gasteiger partial charge in [0, 0.05) is 31.1 Å². The van der Waals surface area contributed by atoms with E-state index in [0.717, 1.165) is 35.6 Å². The molecule has 0 aliphatic carbocycles. The maximum atomic E-state index is 12.9. The topological polar surface area (TPSA) is 38.1 Å². The third-order valence-corrected chi connectivity index (χ3v) is 5.81. The van der Waals surface area contributed by atoms with Crippen molar-refractivity contribution in [3.63, 3.8) is 0 Å². The zero-order valence-corrected chi connectivity index (χ0v) is 17.1. The first-order valence-electron chi connectivity index (χ1n) is 10.4. The molecule has 4 heteroatoms. The number of hydrogen-bond donors (Lipinski definition) is 0. The monoisotopic (exact) mass is 375 g/mol. The Hall–Kier alpha value is -2.62. The van der Waals surface area contributed by atoms with Crippen LogP contribution in [0.5, 0.6) is 0 Å². The lowest BCUT2D eigenvalue weighted by atomic mass is 10.1. The Bertz CT molecular complexity index is 1000. The molecule has 4 nitrogen and oxygen atoms in total. The molecule has 2 heterocycles. The zero-order valence-electron chi connectivity index (χ0n) is 17.1. The number of benzene rings is 2. The summed E-state index contributed by atoms with van der Waals surface area (Å²) in [6, 6.07) is 14.7. The summed E-state index contributed by atoms with van der Waals surface area (Å²) in [7, 11) is 0. The van der Waals surface area contributed by atoms with Crippen molar-refractivity contribution in [2.45, 2.75) is 58.9 Å². The van der Waals surface area contributed by atoms with E-state index < -0.39 is 0 Å². The molecule has 0 bridgehead atoms. The molecule has 1 aliphatic heterocycles. The summed E-state index contributed by atoms with van der Waals surface area (Å²) in [5.74, 6) is 1.41.